The Bertz CT molecular complexity index is 1390. The second-order valence-electron chi connectivity index (χ2n) is 10.1. The van der Waals surface area contributed by atoms with Crippen LogP contribution in [0, 0.1) is 6.92 Å². The lowest BCUT2D eigenvalue weighted by atomic mass is 9.74. The molecule has 6 rings (SSSR count). The van der Waals surface area contributed by atoms with Crippen LogP contribution in [-0.2, 0) is 12.1 Å². The molecule has 1 aliphatic heterocycles. The number of fused-ring (bicyclic) bond motifs is 1. The van der Waals surface area contributed by atoms with Gasteiger partial charge in [0.2, 0.25) is 0 Å². The summed E-state index contributed by atoms with van der Waals surface area (Å²) < 4.78 is 12.5. The quantitative estimate of drug-likeness (QED) is 0.241. The monoisotopic (exact) mass is 503 g/mol. The predicted octanol–water partition coefficient (Wildman–Crippen LogP) is 7.07. The van der Waals surface area contributed by atoms with Gasteiger partial charge < -0.3 is 14.3 Å². The van der Waals surface area contributed by atoms with Gasteiger partial charge in [-0.2, -0.15) is 0 Å². The first-order chi connectivity index (χ1) is 18.7. The van der Waals surface area contributed by atoms with Gasteiger partial charge in [-0.25, -0.2) is 0 Å². The van der Waals surface area contributed by atoms with E-state index in [0.29, 0.717) is 5.76 Å². The SMILES string of the molecule is Cc1c(CO)oc2cccc(OC3CCN(C(c4ccccc4)(c4ccccc4)c4ccccc4)CC3)c12. The zero-order valence-corrected chi connectivity index (χ0v) is 21.7. The number of rotatable bonds is 7. The van der Waals surface area contributed by atoms with Crippen molar-refractivity contribution >= 4 is 11.0 Å². The third kappa shape index (κ3) is 4.20. The van der Waals surface area contributed by atoms with Crippen LogP contribution >= 0.6 is 0 Å². The molecule has 192 valence electrons. The number of likely N-dealkylation sites (tertiary alicyclic amines) is 1. The summed E-state index contributed by atoms with van der Waals surface area (Å²) in [4.78, 5) is 2.63. The van der Waals surface area contributed by atoms with Crippen LogP contribution in [0.25, 0.3) is 11.0 Å². The second-order valence-corrected chi connectivity index (χ2v) is 10.1. The number of ether oxygens (including phenoxy) is 1. The lowest BCUT2D eigenvalue weighted by Crippen LogP contribution is -2.52. The number of hydrogen-bond acceptors (Lipinski definition) is 4. The molecule has 0 amide bonds. The Morgan fingerprint density at radius 3 is 1.79 bits per heavy atom. The highest BCUT2D eigenvalue weighted by atomic mass is 16.5. The lowest BCUT2D eigenvalue weighted by molar-refractivity contribution is 0.0582. The van der Waals surface area contributed by atoms with Crippen molar-refractivity contribution in [2.45, 2.75) is 38.0 Å². The summed E-state index contributed by atoms with van der Waals surface area (Å²) in [6, 6.07) is 38.5. The molecule has 5 aromatic rings. The van der Waals surface area contributed by atoms with Crippen molar-refractivity contribution in [3.8, 4) is 5.75 Å². The normalized spacial score (nSPS) is 15.1. The first-order valence-corrected chi connectivity index (χ1v) is 13.4. The van der Waals surface area contributed by atoms with Crippen molar-refractivity contribution in [1.29, 1.82) is 0 Å². The minimum atomic E-state index is -0.397. The van der Waals surface area contributed by atoms with Crippen LogP contribution in [0.3, 0.4) is 0 Å². The lowest BCUT2D eigenvalue weighted by Gasteiger charge is -2.48. The van der Waals surface area contributed by atoms with Crippen LogP contribution in [-0.4, -0.2) is 29.2 Å². The number of piperidine rings is 1. The van der Waals surface area contributed by atoms with Crippen LogP contribution in [0.5, 0.6) is 5.75 Å². The summed E-state index contributed by atoms with van der Waals surface area (Å²) in [5.74, 6) is 1.44. The fraction of sp³-hybridized carbons (Fsp3) is 0.235. The van der Waals surface area contributed by atoms with Crippen LogP contribution in [0.1, 0.15) is 40.9 Å². The molecule has 1 aromatic heterocycles. The van der Waals surface area contributed by atoms with Gasteiger partial charge in [-0.1, -0.05) is 97.1 Å². The Kier molecular flexibility index (Phi) is 6.75. The number of benzene rings is 4. The van der Waals surface area contributed by atoms with E-state index < -0.39 is 5.54 Å². The van der Waals surface area contributed by atoms with E-state index in [0.717, 1.165) is 48.2 Å². The molecule has 4 aromatic carbocycles. The molecule has 1 aliphatic rings. The largest absolute Gasteiger partial charge is 0.490 e. The van der Waals surface area contributed by atoms with E-state index in [2.05, 4.69) is 95.9 Å². The number of aryl methyl sites for hydroxylation is 1. The zero-order chi connectivity index (χ0) is 26.0. The molecule has 0 saturated carbocycles. The zero-order valence-electron chi connectivity index (χ0n) is 21.7. The molecule has 0 radical (unpaired) electrons. The van der Waals surface area contributed by atoms with Crippen LogP contribution in [0.4, 0.5) is 0 Å². The molecule has 38 heavy (non-hydrogen) atoms. The molecule has 0 bridgehead atoms. The molecule has 2 heterocycles. The fourth-order valence-electron chi connectivity index (χ4n) is 6.14. The van der Waals surface area contributed by atoms with E-state index in [9.17, 15) is 5.11 Å². The summed E-state index contributed by atoms with van der Waals surface area (Å²) in [6.45, 7) is 3.66. The minimum Gasteiger partial charge on any atom is -0.490 e. The minimum absolute atomic E-state index is 0.101. The maximum atomic E-state index is 9.68. The average molecular weight is 504 g/mol. The van der Waals surface area contributed by atoms with E-state index in [1.165, 1.54) is 16.7 Å². The highest BCUT2D eigenvalue weighted by Gasteiger charge is 2.43. The van der Waals surface area contributed by atoms with Crippen LogP contribution in [0.2, 0.25) is 0 Å². The molecule has 0 spiro atoms. The molecule has 0 aliphatic carbocycles. The summed E-state index contributed by atoms with van der Waals surface area (Å²) in [5, 5.41) is 10.6. The number of aliphatic hydroxyl groups is 1. The van der Waals surface area contributed by atoms with Crippen molar-refractivity contribution in [1.82, 2.24) is 4.90 Å². The topological polar surface area (TPSA) is 45.8 Å². The number of nitrogens with zero attached hydrogens (tertiary/aromatic N) is 1. The Balaban J connectivity index is 1.34. The fourth-order valence-corrected chi connectivity index (χ4v) is 6.14. The van der Waals surface area contributed by atoms with Gasteiger partial charge in [0.15, 0.2) is 0 Å². The summed E-state index contributed by atoms with van der Waals surface area (Å²) >= 11 is 0. The maximum Gasteiger partial charge on any atom is 0.138 e. The highest BCUT2D eigenvalue weighted by Crippen LogP contribution is 2.44. The number of hydrogen-bond donors (Lipinski definition) is 1. The van der Waals surface area contributed by atoms with E-state index in [4.69, 9.17) is 9.15 Å². The molecule has 4 heteroatoms. The Hall–Kier alpha value is -3.86. The first-order valence-electron chi connectivity index (χ1n) is 13.4. The number of furan rings is 1. The summed E-state index contributed by atoms with van der Waals surface area (Å²) in [7, 11) is 0. The van der Waals surface area contributed by atoms with Gasteiger partial charge in [0, 0.05) is 18.7 Å². The Morgan fingerprint density at radius 2 is 1.29 bits per heavy atom. The molecule has 1 N–H and O–H groups in total. The van der Waals surface area contributed by atoms with Crippen LogP contribution < -0.4 is 4.74 Å². The maximum absolute atomic E-state index is 9.68. The van der Waals surface area contributed by atoms with Crippen molar-refractivity contribution in [3.05, 3.63) is 137 Å². The molecule has 1 fully saturated rings. The molecular weight excluding hydrogens is 470 g/mol. The Morgan fingerprint density at radius 1 is 0.763 bits per heavy atom. The molecule has 0 unspecified atom stereocenters. The third-order valence-electron chi connectivity index (χ3n) is 7.94. The standard InChI is InChI=1S/C34H33NO3/c1-25-32(24-36)38-31-19-11-18-30(33(25)31)37-29-20-22-35(23-21-29)34(26-12-5-2-6-13-26,27-14-7-3-8-15-27)28-16-9-4-10-17-28/h2-19,29,36H,20-24H2,1H3. The van der Waals surface area contributed by atoms with Gasteiger partial charge >= 0.3 is 0 Å². The van der Waals surface area contributed by atoms with Gasteiger partial charge in [0.05, 0.1) is 10.9 Å². The molecule has 1 saturated heterocycles. The second kappa shape index (κ2) is 10.5. The predicted molar refractivity (Wildman–Crippen MR) is 151 cm³/mol. The van der Waals surface area contributed by atoms with Gasteiger partial charge in [0.25, 0.3) is 0 Å². The average Bonchev–Trinajstić information content (AvgIpc) is 3.32. The smallest absolute Gasteiger partial charge is 0.138 e. The van der Waals surface area contributed by atoms with Gasteiger partial charge in [-0.3, -0.25) is 4.90 Å². The molecule has 0 atom stereocenters. The van der Waals surface area contributed by atoms with Crippen molar-refractivity contribution in [2.75, 3.05) is 13.1 Å². The molecular formula is C34H33NO3. The Labute approximate surface area is 224 Å². The van der Waals surface area contributed by atoms with Crippen molar-refractivity contribution in [2.24, 2.45) is 0 Å². The van der Waals surface area contributed by atoms with Gasteiger partial charge in [-0.05, 0) is 48.6 Å². The van der Waals surface area contributed by atoms with E-state index in [-0.39, 0.29) is 12.7 Å². The summed E-state index contributed by atoms with van der Waals surface area (Å²) in [5.41, 5.74) is 5.13. The van der Waals surface area contributed by atoms with Crippen molar-refractivity contribution in [3.63, 3.8) is 0 Å². The number of aliphatic hydroxyl groups excluding tert-OH is 1. The van der Waals surface area contributed by atoms with E-state index in [1.807, 2.05) is 25.1 Å². The third-order valence-corrected chi connectivity index (χ3v) is 7.94. The first kappa shape index (κ1) is 24.5. The molecule has 4 nitrogen and oxygen atoms in total. The summed E-state index contributed by atoms with van der Waals surface area (Å²) in [6.07, 6.45) is 1.92. The van der Waals surface area contributed by atoms with Crippen molar-refractivity contribution < 1.29 is 14.3 Å². The van der Waals surface area contributed by atoms with Gasteiger partial charge in [0.1, 0.15) is 29.8 Å². The van der Waals surface area contributed by atoms with Crippen LogP contribution in [0.15, 0.2) is 114 Å². The van der Waals surface area contributed by atoms with Gasteiger partial charge in [-0.15, -0.1) is 0 Å². The van der Waals surface area contributed by atoms with E-state index in [1.54, 1.807) is 0 Å². The van der Waals surface area contributed by atoms with E-state index >= 15 is 0 Å². The highest BCUT2D eigenvalue weighted by molar-refractivity contribution is 5.88.